The van der Waals surface area contributed by atoms with Crippen molar-refractivity contribution in [1.29, 1.82) is 0 Å². The summed E-state index contributed by atoms with van der Waals surface area (Å²) >= 11 is 0. The van der Waals surface area contributed by atoms with Crippen molar-refractivity contribution in [3.8, 4) is 0 Å². The highest BCUT2D eigenvalue weighted by Crippen LogP contribution is 2.14. The first-order valence-corrected chi connectivity index (χ1v) is 5.60. The second-order valence-corrected chi connectivity index (χ2v) is 4.41. The topological polar surface area (TPSA) is 46.3 Å². The van der Waals surface area contributed by atoms with Gasteiger partial charge in [-0.2, -0.15) is 0 Å². The van der Waals surface area contributed by atoms with E-state index < -0.39 is 0 Å². The van der Waals surface area contributed by atoms with Crippen LogP contribution in [0.3, 0.4) is 0 Å². The van der Waals surface area contributed by atoms with Gasteiger partial charge in [-0.25, -0.2) is 4.79 Å². The van der Waals surface area contributed by atoms with E-state index in [-0.39, 0.29) is 6.03 Å². The SMILES string of the molecule is CC(C)c1ccc(CCN(C)C(N)=O)cc1. The molecule has 2 amide bonds. The summed E-state index contributed by atoms with van der Waals surface area (Å²) in [6, 6.07) is 8.14. The Morgan fingerprint density at radius 3 is 2.31 bits per heavy atom. The van der Waals surface area contributed by atoms with Gasteiger partial charge in [0.1, 0.15) is 0 Å². The summed E-state index contributed by atoms with van der Waals surface area (Å²) in [6.07, 6.45) is 0.845. The Balaban J connectivity index is 2.52. The van der Waals surface area contributed by atoms with Crippen molar-refractivity contribution in [2.24, 2.45) is 5.73 Å². The van der Waals surface area contributed by atoms with Crippen LogP contribution in [0.2, 0.25) is 0 Å². The third-order valence-corrected chi connectivity index (χ3v) is 2.76. The van der Waals surface area contributed by atoms with Crippen LogP contribution >= 0.6 is 0 Å². The summed E-state index contributed by atoms with van der Waals surface area (Å²) in [7, 11) is 1.71. The van der Waals surface area contributed by atoms with Gasteiger partial charge in [0.2, 0.25) is 0 Å². The minimum Gasteiger partial charge on any atom is -0.351 e. The van der Waals surface area contributed by atoms with Gasteiger partial charge in [0.25, 0.3) is 0 Å². The fraction of sp³-hybridized carbons (Fsp3) is 0.462. The first-order chi connectivity index (χ1) is 7.50. The van der Waals surface area contributed by atoms with Gasteiger partial charge in [0.05, 0.1) is 0 Å². The Hall–Kier alpha value is -1.51. The highest BCUT2D eigenvalue weighted by atomic mass is 16.2. The minimum absolute atomic E-state index is 0.376. The van der Waals surface area contributed by atoms with Crippen LogP contribution in [0.5, 0.6) is 0 Å². The van der Waals surface area contributed by atoms with Gasteiger partial charge >= 0.3 is 6.03 Å². The van der Waals surface area contributed by atoms with E-state index in [1.165, 1.54) is 16.0 Å². The zero-order valence-electron chi connectivity index (χ0n) is 10.2. The van der Waals surface area contributed by atoms with Crippen molar-refractivity contribution in [1.82, 2.24) is 4.90 Å². The van der Waals surface area contributed by atoms with E-state index in [0.29, 0.717) is 12.5 Å². The summed E-state index contributed by atoms with van der Waals surface area (Å²) in [5, 5.41) is 0. The second-order valence-electron chi connectivity index (χ2n) is 4.41. The molecule has 0 heterocycles. The molecule has 0 spiro atoms. The number of hydrogen-bond acceptors (Lipinski definition) is 1. The molecule has 0 radical (unpaired) electrons. The monoisotopic (exact) mass is 220 g/mol. The first-order valence-electron chi connectivity index (χ1n) is 5.60. The standard InChI is InChI=1S/C13H20N2O/c1-10(2)12-6-4-11(5-7-12)8-9-15(3)13(14)16/h4-7,10H,8-9H2,1-3H3,(H2,14,16). The van der Waals surface area contributed by atoms with E-state index in [1.54, 1.807) is 7.05 Å². The van der Waals surface area contributed by atoms with E-state index in [2.05, 4.69) is 38.1 Å². The smallest absolute Gasteiger partial charge is 0.314 e. The maximum Gasteiger partial charge on any atom is 0.314 e. The molecular weight excluding hydrogens is 200 g/mol. The first kappa shape index (κ1) is 12.6. The number of nitrogens with two attached hydrogens (primary N) is 1. The molecule has 2 N–H and O–H groups in total. The molecule has 3 heteroatoms. The van der Waals surface area contributed by atoms with E-state index in [0.717, 1.165) is 6.42 Å². The minimum atomic E-state index is -0.376. The number of carbonyl (C=O) groups is 1. The molecule has 0 bridgehead atoms. The van der Waals surface area contributed by atoms with Crippen molar-refractivity contribution in [2.45, 2.75) is 26.2 Å². The van der Waals surface area contributed by atoms with Gasteiger partial charge in [-0.3, -0.25) is 0 Å². The predicted molar refractivity (Wildman–Crippen MR) is 66.4 cm³/mol. The van der Waals surface area contributed by atoms with Crippen molar-refractivity contribution in [2.75, 3.05) is 13.6 Å². The van der Waals surface area contributed by atoms with Gasteiger partial charge in [0.15, 0.2) is 0 Å². The van der Waals surface area contributed by atoms with E-state index in [9.17, 15) is 4.79 Å². The molecule has 0 aromatic heterocycles. The number of hydrogen-bond donors (Lipinski definition) is 1. The lowest BCUT2D eigenvalue weighted by atomic mass is 10.0. The second kappa shape index (κ2) is 5.54. The summed E-state index contributed by atoms with van der Waals surface area (Å²) in [4.78, 5) is 12.3. The average molecular weight is 220 g/mol. The summed E-state index contributed by atoms with van der Waals surface area (Å²) in [5.74, 6) is 0.558. The van der Waals surface area contributed by atoms with Crippen molar-refractivity contribution < 1.29 is 4.79 Å². The van der Waals surface area contributed by atoms with Crippen molar-refractivity contribution in [3.63, 3.8) is 0 Å². The average Bonchev–Trinajstić information content (AvgIpc) is 2.26. The van der Waals surface area contributed by atoms with Gasteiger partial charge in [-0.15, -0.1) is 0 Å². The van der Waals surface area contributed by atoms with E-state index in [4.69, 9.17) is 5.73 Å². The largest absolute Gasteiger partial charge is 0.351 e. The molecule has 0 atom stereocenters. The Labute approximate surface area is 97.2 Å². The van der Waals surface area contributed by atoms with Gasteiger partial charge in [-0.1, -0.05) is 38.1 Å². The Kier molecular flexibility index (Phi) is 4.35. The molecule has 0 aliphatic rings. The Morgan fingerprint density at radius 2 is 1.88 bits per heavy atom. The lowest BCUT2D eigenvalue weighted by Gasteiger charge is -2.14. The molecule has 1 aromatic rings. The van der Waals surface area contributed by atoms with Gasteiger partial charge < -0.3 is 10.6 Å². The molecule has 88 valence electrons. The summed E-state index contributed by atoms with van der Waals surface area (Å²) < 4.78 is 0. The van der Waals surface area contributed by atoms with Crippen LogP contribution in [0.25, 0.3) is 0 Å². The normalized spacial score (nSPS) is 10.5. The highest BCUT2D eigenvalue weighted by Gasteiger charge is 2.03. The predicted octanol–water partition coefficient (Wildman–Crippen LogP) is 2.36. The summed E-state index contributed by atoms with van der Waals surface area (Å²) in [5.41, 5.74) is 7.72. The Morgan fingerprint density at radius 1 is 1.31 bits per heavy atom. The van der Waals surface area contributed by atoms with Crippen LogP contribution < -0.4 is 5.73 Å². The van der Waals surface area contributed by atoms with Crippen LogP contribution in [0.4, 0.5) is 4.79 Å². The zero-order valence-corrected chi connectivity index (χ0v) is 10.2. The molecule has 1 rings (SSSR count). The van der Waals surface area contributed by atoms with E-state index in [1.807, 2.05) is 0 Å². The number of primary amides is 1. The number of nitrogens with zero attached hydrogens (tertiary/aromatic N) is 1. The number of amides is 2. The number of urea groups is 1. The third-order valence-electron chi connectivity index (χ3n) is 2.76. The van der Waals surface area contributed by atoms with Crippen LogP contribution in [0.1, 0.15) is 30.9 Å². The molecule has 16 heavy (non-hydrogen) atoms. The molecule has 0 fully saturated rings. The number of benzene rings is 1. The van der Waals surface area contributed by atoms with E-state index >= 15 is 0 Å². The molecule has 1 aromatic carbocycles. The van der Waals surface area contributed by atoms with Crippen LogP contribution in [0.15, 0.2) is 24.3 Å². The van der Waals surface area contributed by atoms with Crippen LogP contribution in [-0.4, -0.2) is 24.5 Å². The third kappa shape index (κ3) is 3.57. The zero-order chi connectivity index (χ0) is 12.1. The number of likely N-dealkylation sites (N-methyl/N-ethyl adjacent to an activating group) is 1. The fourth-order valence-corrected chi connectivity index (χ4v) is 1.48. The highest BCUT2D eigenvalue weighted by molar-refractivity contribution is 5.71. The maximum atomic E-state index is 10.8. The molecule has 0 unspecified atom stereocenters. The van der Waals surface area contributed by atoms with Crippen molar-refractivity contribution >= 4 is 6.03 Å². The molecular formula is C13H20N2O. The number of carbonyl (C=O) groups excluding carboxylic acids is 1. The van der Waals surface area contributed by atoms with Crippen molar-refractivity contribution in [3.05, 3.63) is 35.4 Å². The Bertz CT molecular complexity index is 343. The van der Waals surface area contributed by atoms with Crippen LogP contribution in [-0.2, 0) is 6.42 Å². The quantitative estimate of drug-likeness (QED) is 0.832. The molecule has 0 aliphatic heterocycles. The van der Waals surface area contributed by atoms with Gasteiger partial charge in [-0.05, 0) is 23.5 Å². The molecule has 0 aliphatic carbocycles. The maximum absolute atomic E-state index is 10.8. The summed E-state index contributed by atoms with van der Waals surface area (Å²) in [6.45, 7) is 5.02. The molecule has 3 nitrogen and oxygen atoms in total. The number of rotatable bonds is 4. The fourth-order valence-electron chi connectivity index (χ4n) is 1.48. The molecule has 0 saturated heterocycles. The lowest BCUT2D eigenvalue weighted by Crippen LogP contribution is -2.33. The van der Waals surface area contributed by atoms with Crippen LogP contribution in [0, 0.1) is 0 Å². The molecule has 0 saturated carbocycles. The van der Waals surface area contributed by atoms with Gasteiger partial charge in [0, 0.05) is 13.6 Å². The lowest BCUT2D eigenvalue weighted by molar-refractivity contribution is 0.219.